The fourth-order valence-corrected chi connectivity index (χ4v) is 1.71. The predicted molar refractivity (Wildman–Crippen MR) is 57.4 cm³/mol. The summed E-state index contributed by atoms with van der Waals surface area (Å²) in [6.07, 6.45) is 1.75. The Balaban J connectivity index is 1.96. The zero-order valence-corrected chi connectivity index (χ0v) is 8.73. The van der Waals surface area contributed by atoms with Gasteiger partial charge in [-0.1, -0.05) is 6.07 Å². The lowest BCUT2D eigenvalue weighted by Gasteiger charge is -2.32. The standard InChI is InChI=1S/C11H15N3O/c1-7-3-2-4-10(13-7)11(15)14-9-5-8(12)6-9/h2-4,8-9H,5-6,12H2,1H3,(H,14,15). The summed E-state index contributed by atoms with van der Waals surface area (Å²) < 4.78 is 0. The third-order valence-corrected chi connectivity index (χ3v) is 2.63. The van der Waals surface area contributed by atoms with Crippen LogP contribution in [0.2, 0.25) is 0 Å². The van der Waals surface area contributed by atoms with Crippen LogP contribution in [0.5, 0.6) is 0 Å². The van der Waals surface area contributed by atoms with Crippen LogP contribution >= 0.6 is 0 Å². The van der Waals surface area contributed by atoms with Crippen LogP contribution in [0.4, 0.5) is 0 Å². The monoisotopic (exact) mass is 205 g/mol. The molecule has 0 radical (unpaired) electrons. The van der Waals surface area contributed by atoms with Crippen LogP contribution < -0.4 is 11.1 Å². The highest BCUT2D eigenvalue weighted by Gasteiger charge is 2.27. The highest BCUT2D eigenvalue weighted by Crippen LogP contribution is 2.17. The van der Waals surface area contributed by atoms with Crippen molar-refractivity contribution in [1.82, 2.24) is 10.3 Å². The lowest BCUT2D eigenvalue weighted by Crippen LogP contribution is -2.50. The fourth-order valence-electron chi connectivity index (χ4n) is 1.71. The molecule has 15 heavy (non-hydrogen) atoms. The van der Waals surface area contributed by atoms with Gasteiger partial charge in [-0.25, -0.2) is 4.98 Å². The van der Waals surface area contributed by atoms with Crippen LogP contribution in [0, 0.1) is 6.92 Å². The minimum atomic E-state index is -0.101. The summed E-state index contributed by atoms with van der Waals surface area (Å²) in [5, 5.41) is 2.91. The maximum Gasteiger partial charge on any atom is 0.270 e. The first-order valence-electron chi connectivity index (χ1n) is 5.15. The molecule has 0 spiro atoms. The number of pyridine rings is 1. The molecule has 1 aromatic heterocycles. The second kappa shape index (κ2) is 3.98. The molecule has 0 atom stereocenters. The maximum absolute atomic E-state index is 11.7. The Bertz CT molecular complexity index is 372. The molecule has 1 saturated carbocycles. The Morgan fingerprint density at radius 2 is 2.27 bits per heavy atom. The molecule has 0 saturated heterocycles. The second-order valence-electron chi connectivity index (χ2n) is 4.07. The van der Waals surface area contributed by atoms with Gasteiger partial charge in [0, 0.05) is 17.8 Å². The molecule has 80 valence electrons. The van der Waals surface area contributed by atoms with Crippen LogP contribution in [0.25, 0.3) is 0 Å². The highest BCUT2D eigenvalue weighted by molar-refractivity contribution is 5.92. The predicted octanol–water partition coefficient (Wildman–Crippen LogP) is 0.610. The Kier molecular flexibility index (Phi) is 2.68. The number of nitrogens with one attached hydrogen (secondary N) is 1. The highest BCUT2D eigenvalue weighted by atomic mass is 16.1. The zero-order chi connectivity index (χ0) is 10.8. The van der Waals surface area contributed by atoms with Crippen molar-refractivity contribution >= 4 is 5.91 Å². The smallest absolute Gasteiger partial charge is 0.270 e. The molecule has 1 aliphatic rings. The first kappa shape index (κ1) is 10.1. The molecule has 3 N–H and O–H groups in total. The normalized spacial score (nSPS) is 24.4. The summed E-state index contributed by atoms with van der Waals surface area (Å²) in [6.45, 7) is 1.87. The van der Waals surface area contributed by atoms with Crippen molar-refractivity contribution in [1.29, 1.82) is 0 Å². The molecule has 0 bridgehead atoms. The van der Waals surface area contributed by atoms with Crippen LogP contribution in [0.15, 0.2) is 18.2 Å². The molecule has 1 aliphatic carbocycles. The van der Waals surface area contributed by atoms with E-state index in [9.17, 15) is 4.79 Å². The summed E-state index contributed by atoms with van der Waals surface area (Å²) in [7, 11) is 0. The van der Waals surface area contributed by atoms with Crippen molar-refractivity contribution in [2.45, 2.75) is 31.8 Å². The fraction of sp³-hybridized carbons (Fsp3) is 0.455. The Morgan fingerprint density at radius 1 is 1.53 bits per heavy atom. The Morgan fingerprint density at radius 3 is 2.87 bits per heavy atom. The summed E-state index contributed by atoms with van der Waals surface area (Å²) in [5.74, 6) is -0.101. The number of carbonyl (C=O) groups excluding carboxylic acids is 1. The van der Waals surface area contributed by atoms with Gasteiger partial charge in [0.25, 0.3) is 5.91 Å². The zero-order valence-electron chi connectivity index (χ0n) is 8.73. The average molecular weight is 205 g/mol. The molecule has 2 rings (SSSR count). The van der Waals surface area contributed by atoms with E-state index in [1.165, 1.54) is 0 Å². The SMILES string of the molecule is Cc1cccc(C(=O)NC2CC(N)C2)n1. The molecule has 1 aromatic rings. The van der Waals surface area contributed by atoms with E-state index in [1.54, 1.807) is 6.07 Å². The van der Waals surface area contributed by atoms with E-state index in [1.807, 2.05) is 19.1 Å². The van der Waals surface area contributed by atoms with Crippen molar-refractivity contribution in [2.24, 2.45) is 5.73 Å². The number of aryl methyl sites for hydroxylation is 1. The molecular weight excluding hydrogens is 190 g/mol. The minimum Gasteiger partial charge on any atom is -0.348 e. The van der Waals surface area contributed by atoms with Gasteiger partial charge in [-0.2, -0.15) is 0 Å². The third kappa shape index (κ3) is 2.33. The van der Waals surface area contributed by atoms with Gasteiger partial charge in [0.1, 0.15) is 5.69 Å². The Labute approximate surface area is 88.9 Å². The van der Waals surface area contributed by atoms with Gasteiger partial charge < -0.3 is 11.1 Å². The summed E-state index contributed by atoms with van der Waals surface area (Å²) in [6, 6.07) is 5.91. The molecule has 0 aromatic carbocycles. The van der Waals surface area contributed by atoms with Gasteiger partial charge in [-0.05, 0) is 31.9 Å². The van der Waals surface area contributed by atoms with Gasteiger partial charge >= 0.3 is 0 Å². The molecule has 1 amide bonds. The number of hydrogen-bond donors (Lipinski definition) is 2. The van der Waals surface area contributed by atoms with E-state index in [0.29, 0.717) is 5.69 Å². The average Bonchev–Trinajstić information content (AvgIpc) is 2.15. The van der Waals surface area contributed by atoms with Crippen molar-refractivity contribution in [3.63, 3.8) is 0 Å². The summed E-state index contributed by atoms with van der Waals surface area (Å²) >= 11 is 0. The van der Waals surface area contributed by atoms with E-state index in [0.717, 1.165) is 18.5 Å². The topological polar surface area (TPSA) is 68.0 Å². The molecule has 0 aliphatic heterocycles. The van der Waals surface area contributed by atoms with Crippen LogP contribution in [0.1, 0.15) is 29.0 Å². The third-order valence-electron chi connectivity index (χ3n) is 2.63. The molecule has 4 nitrogen and oxygen atoms in total. The van der Waals surface area contributed by atoms with Crippen molar-refractivity contribution in [2.75, 3.05) is 0 Å². The van der Waals surface area contributed by atoms with Gasteiger partial charge in [-0.15, -0.1) is 0 Å². The molecule has 0 unspecified atom stereocenters. The Hall–Kier alpha value is -1.42. The lowest BCUT2D eigenvalue weighted by molar-refractivity contribution is 0.0905. The quantitative estimate of drug-likeness (QED) is 0.743. The van der Waals surface area contributed by atoms with Gasteiger partial charge in [0.15, 0.2) is 0 Å². The molecule has 4 heteroatoms. The maximum atomic E-state index is 11.7. The summed E-state index contributed by atoms with van der Waals surface area (Å²) in [5.41, 5.74) is 6.98. The van der Waals surface area contributed by atoms with Gasteiger partial charge in [-0.3, -0.25) is 4.79 Å². The molecule has 1 heterocycles. The van der Waals surface area contributed by atoms with Crippen LogP contribution in [-0.2, 0) is 0 Å². The number of amides is 1. The number of aromatic nitrogens is 1. The number of nitrogens with zero attached hydrogens (tertiary/aromatic N) is 1. The lowest BCUT2D eigenvalue weighted by atomic mass is 9.87. The van der Waals surface area contributed by atoms with E-state index in [2.05, 4.69) is 10.3 Å². The van der Waals surface area contributed by atoms with Crippen LogP contribution in [0.3, 0.4) is 0 Å². The first-order valence-corrected chi connectivity index (χ1v) is 5.15. The molecule has 1 fully saturated rings. The van der Waals surface area contributed by atoms with E-state index < -0.39 is 0 Å². The number of rotatable bonds is 2. The van der Waals surface area contributed by atoms with E-state index in [-0.39, 0.29) is 18.0 Å². The van der Waals surface area contributed by atoms with Gasteiger partial charge in [0.2, 0.25) is 0 Å². The van der Waals surface area contributed by atoms with Crippen molar-refractivity contribution in [3.05, 3.63) is 29.6 Å². The van der Waals surface area contributed by atoms with Crippen molar-refractivity contribution in [3.8, 4) is 0 Å². The van der Waals surface area contributed by atoms with Gasteiger partial charge in [0.05, 0.1) is 0 Å². The minimum absolute atomic E-state index is 0.101. The van der Waals surface area contributed by atoms with Crippen molar-refractivity contribution < 1.29 is 4.79 Å². The first-order chi connectivity index (χ1) is 7.15. The number of nitrogens with two attached hydrogens (primary N) is 1. The molecular formula is C11H15N3O. The second-order valence-corrected chi connectivity index (χ2v) is 4.07. The van der Waals surface area contributed by atoms with E-state index >= 15 is 0 Å². The van der Waals surface area contributed by atoms with Crippen LogP contribution in [-0.4, -0.2) is 23.0 Å². The summed E-state index contributed by atoms with van der Waals surface area (Å²) in [4.78, 5) is 15.9. The largest absolute Gasteiger partial charge is 0.348 e. The van der Waals surface area contributed by atoms with E-state index in [4.69, 9.17) is 5.73 Å². The number of carbonyl (C=O) groups is 1. The number of hydrogen-bond acceptors (Lipinski definition) is 3.